The summed E-state index contributed by atoms with van der Waals surface area (Å²) in [6, 6.07) is 15.7. The molecule has 2 aromatic rings. The molecule has 2 aromatic carbocycles. The van der Waals surface area contributed by atoms with E-state index in [-0.39, 0.29) is 6.04 Å². The first-order chi connectivity index (χ1) is 13.7. The van der Waals surface area contributed by atoms with Crippen molar-refractivity contribution in [2.45, 2.75) is 45.7 Å². The number of fused-ring (bicyclic) bond motifs is 1. The van der Waals surface area contributed by atoms with Crippen LogP contribution in [0.4, 0.5) is 5.69 Å². The van der Waals surface area contributed by atoms with Gasteiger partial charge in [-0.05, 0) is 60.6 Å². The Balaban J connectivity index is 1.41. The molecule has 0 bridgehead atoms. The molecule has 1 unspecified atom stereocenters. The zero-order valence-electron chi connectivity index (χ0n) is 17.1. The maximum atomic E-state index is 5.77. The predicted octanol–water partition coefficient (Wildman–Crippen LogP) is 4.94. The Morgan fingerprint density at radius 3 is 2.32 bits per heavy atom. The van der Waals surface area contributed by atoms with Gasteiger partial charge in [0.25, 0.3) is 0 Å². The Bertz CT molecular complexity index is 767. The highest BCUT2D eigenvalue weighted by Crippen LogP contribution is 2.34. The molecule has 0 aromatic heterocycles. The zero-order valence-corrected chi connectivity index (χ0v) is 17.1. The first-order valence-electron chi connectivity index (χ1n) is 10.7. The van der Waals surface area contributed by atoms with Gasteiger partial charge in [-0.25, -0.2) is 0 Å². The van der Waals surface area contributed by atoms with Crippen molar-refractivity contribution in [3.63, 3.8) is 0 Å². The molecule has 0 amide bonds. The minimum Gasteiger partial charge on any atom is -0.486 e. The summed E-state index contributed by atoms with van der Waals surface area (Å²) in [5, 5.41) is 3.75. The molecule has 4 nitrogen and oxygen atoms in total. The molecule has 1 atom stereocenters. The largest absolute Gasteiger partial charge is 0.486 e. The number of benzene rings is 2. The molecule has 150 valence electrons. The summed E-state index contributed by atoms with van der Waals surface area (Å²) in [4.78, 5) is 2.51. The van der Waals surface area contributed by atoms with Crippen molar-refractivity contribution in [2.24, 2.45) is 5.92 Å². The third-order valence-electron chi connectivity index (χ3n) is 5.78. The fourth-order valence-corrected chi connectivity index (χ4v) is 4.20. The van der Waals surface area contributed by atoms with Crippen LogP contribution in [0.5, 0.6) is 11.5 Å². The van der Waals surface area contributed by atoms with E-state index in [2.05, 4.69) is 60.5 Å². The molecule has 2 aliphatic rings. The fourth-order valence-electron chi connectivity index (χ4n) is 4.20. The van der Waals surface area contributed by atoms with E-state index in [0.717, 1.165) is 18.0 Å². The second-order valence-electron chi connectivity index (χ2n) is 8.22. The smallest absolute Gasteiger partial charge is 0.161 e. The van der Waals surface area contributed by atoms with Crippen LogP contribution in [0.3, 0.4) is 0 Å². The number of nitrogens with zero attached hydrogens (tertiary/aromatic N) is 1. The lowest BCUT2D eigenvalue weighted by atomic mass is 9.95. The third kappa shape index (κ3) is 4.44. The quantitative estimate of drug-likeness (QED) is 0.770. The average molecular weight is 381 g/mol. The molecule has 0 radical (unpaired) electrons. The molecule has 0 spiro atoms. The molecule has 4 heteroatoms. The Morgan fingerprint density at radius 1 is 0.893 bits per heavy atom. The second-order valence-corrected chi connectivity index (χ2v) is 8.22. The van der Waals surface area contributed by atoms with Gasteiger partial charge in [0.2, 0.25) is 0 Å². The molecular weight excluding hydrogens is 348 g/mol. The van der Waals surface area contributed by atoms with Crippen LogP contribution < -0.4 is 19.7 Å². The Hall–Kier alpha value is -2.20. The standard InChI is InChI=1S/C24H32N2O2/c1-18(2)24(20-8-11-22-23(16-20)28-15-14-27-22)25-17-19-6-9-21(10-7-19)26-12-4-3-5-13-26/h6-11,16,18,24-25H,3-5,12-15,17H2,1-2H3. The number of rotatable bonds is 6. The number of anilines is 1. The number of hydrogen-bond donors (Lipinski definition) is 1. The number of hydrogen-bond acceptors (Lipinski definition) is 4. The molecule has 28 heavy (non-hydrogen) atoms. The average Bonchev–Trinajstić information content (AvgIpc) is 2.74. The van der Waals surface area contributed by atoms with Crippen LogP contribution in [-0.2, 0) is 6.54 Å². The van der Waals surface area contributed by atoms with Crippen LogP contribution in [0.15, 0.2) is 42.5 Å². The Morgan fingerprint density at radius 2 is 1.61 bits per heavy atom. The van der Waals surface area contributed by atoms with Crippen molar-refractivity contribution in [2.75, 3.05) is 31.2 Å². The number of piperidine rings is 1. The fraction of sp³-hybridized carbons (Fsp3) is 0.500. The van der Waals surface area contributed by atoms with Crippen molar-refractivity contribution in [1.82, 2.24) is 5.32 Å². The summed E-state index contributed by atoms with van der Waals surface area (Å²) < 4.78 is 11.4. The lowest BCUT2D eigenvalue weighted by Crippen LogP contribution is -2.29. The minimum absolute atomic E-state index is 0.276. The summed E-state index contributed by atoms with van der Waals surface area (Å²) in [6.07, 6.45) is 4.00. The van der Waals surface area contributed by atoms with E-state index in [4.69, 9.17) is 9.47 Å². The van der Waals surface area contributed by atoms with E-state index in [1.165, 1.54) is 49.2 Å². The minimum atomic E-state index is 0.276. The van der Waals surface area contributed by atoms with Gasteiger partial charge in [-0.15, -0.1) is 0 Å². The van der Waals surface area contributed by atoms with Crippen molar-refractivity contribution < 1.29 is 9.47 Å². The lowest BCUT2D eigenvalue weighted by molar-refractivity contribution is 0.171. The van der Waals surface area contributed by atoms with Crippen LogP contribution in [0.1, 0.15) is 50.3 Å². The SMILES string of the molecule is CC(C)C(NCc1ccc(N2CCCCC2)cc1)c1ccc2c(c1)OCCO2. The van der Waals surface area contributed by atoms with Gasteiger partial charge in [0.05, 0.1) is 0 Å². The van der Waals surface area contributed by atoms with Crippen LogP contribution in [0, 0.1) is 5.92 Å². The first kappa shape index (κ1) is 19.1. The summed E-state index contributed by atoms with van der Waals surface area (Å²) in [6.45, 7) is 9.01. The van der Waals surface area contributed by atoms with Gasteiger partial charge < -0.3 is 19.7 Å². The highest BCUT2D eigenvalue weighted by atomic mass is 16.6. The van der Waals surface area contributed by atoms with E-state index in [0.29, 0.717) is 19.1 Å². The van der Waals surface area contributed by atoms with Crippen molar-refractivity contribution in [1.29, 1.82) is 0 Å². The Kier molecular flexibility index (Phi) is 6.06. The van der Waals surface area contributed by atoms with Crippen molar-refractivity contribution in [3.8, 4) is 11.5 Å². The van der Waals surface area contributed by atoms with Crippen LogP contribution in [0.2, 0.25) is 0 Å². The molecule has 0 aliphatic carbocycles. The topological polar surface area (TPSA) is 33.7 Å². The summed E-state index contributed by atoms with van der Waals surface area (Å²) in [5.74, 6) is 2.20. The molecule has 2 heterocycles. The lowest BCUT2D eigenvalue weighted by Gasteiger charge is -2.29. The summed E-state index contributed by atoms with van der Waals surface area (Å²) >= 11 is 0. The van der Waals surface area contributed by atoms with E-state index in [9.17, 15) is 0 Å². The van der Waals surface area contributed by atoms with Crippen LogP contribution in [0.25, 0.3) is 0 Å². The van der Waals surface area contributed by atoms with Gasteiger partial charge in [0.15, 0.2) is 11.5 Å². The molecule has 1 fully saturated rings. The Labute approximate surface area is 168 Å². The number of ether oxygens (including phenoxy) is 2. The maximum Gasteiger partial charge on any atom is 0.161 e. The monoisotopic (exact) mass is 380 g/mol. The number of nitrogens with one attached hydrogen (secondary N) is 1. The molecule has 1 saturated heterocycles. The van der Waals surface area contributed by atoms with Crippen LogP contribution >= 0.6 is 0 Å². The van der Waals surface area contributed by atoms with Crippen molar-refractivity contribution >= 4 is 5.69 Å². The van der Waals surface area contributed by atoms with Gasteiger partial charge in [-0.1, -0.05) is 32.0 Å². The van der Waals surface area contributed by atoms with Gasteiger partial charge in [0.1, 0.15) is 13.2 Å². The summed E-state index contributed by atoms with van der Waals surface area (Å²) in [5.41, 5.74) is 3.93. The van der Waals surface area contributed by atoms with E-state index in [1.54, 1.807) is 0 Å². The van der Waals surface area contributed by atoms with Gasteiger partial charge >= 0.3 is 0 Å². The maximum absolute atomic E-state index is 5.77. The predicted molar refractivity (Wildman–Crippen MR) is 114 cm³/mol. The summed E-state index contributed by atoms with van der Waals surface area (Å²) in [7, 11) is 0. The zero-order chi connectivity index (χ0) is 19.3. The second kappa shape index (κ2) is 8.87. The van der Waals surface area contributed by atoms with Gasteiger partial charge in [-0.3, -0.25) is 0 Å². The normalized spacial score (nSPS) is 17.6. The van der Waals surface area contributed by atoms with E-state index in [1.807, 2.05) is 6.07 Å². The highest BCUT2D eigenvalue weighted by molar-refractivity contribution is 5.48. The van der Waals surface area contributed by atoms with Gasteiger partial charge in [0, 0.05) is 31.4 Å². The van der Waals surface area contributed by atoms with Crippen LogP contribution in [-0.4, -0.2) is 26.3 Å². The molecular formula is C24H32N2O2. The first-order valence-corrected chi connectivity index (χ1v) is 10.7. The van der Waals surface area contributed by atoms with E-state index < -0.39 is 0 Å². The third-order valence-corrected chi connectivity index (χ3v) is 5.78. The molecule has 2 aliphatic heterocycles. The molecule has 1 N–H and O–H groups in total. The van der Waals surface area contributed by atoms with E-state index >= 15 is 0 Å². The van der Waals surface area contributed by atoms with Gasteiger partial charge in [-0.2, -0.15) is 0 Å². The van der Waals surface area contributed by atoms with Crippen molar-refractivity contribution in [3.05, 3.63) is 53.6 Å². The highest BCUT2D eigenvalue weighted by Gasteiger charge is 2.19. The molecule has 4 rings (SSSR count). The molecule has 0 saturated carbocycles.